The average molecular weight is 222 g/mol. The smallest absolute Gasteiger partial charge is 0.124 e. The second-order valence-electron chi connectivity index (χ2n) is 3.47. The highest BCUT2D eigenvalue weighted by atomic mass is 35.5. The van der Waals surface area contributed by atoms with E-state index in [9.17, 15) is 4.79 Å². The van der Waals surface area contributed by atoms with Gasteiger partial charge in [0.2, 0.25) is 0 Å². The molecule has 15 heavy (non-hydrogen) atoms. The van der Waals surface area contributed by atoms with Crippen LogP contribution in [-0.4, -0.2) is 10.9 Å². The summed E-state index contributed by atoms with van der Waals surface area (Å²) in [5.74, 6) is 0. The molecule has 0 fully saturated rings. The van der Waals surface area contributed by atoms with E-state index in [4.69, 9.17) is 11.6 Å². The third-order valence-electron chi connectivity index (χ3n) is 2.57. The summed E-state index contributed by atoms with van der Waals surface area (Å²) < 4.78 is 2.11. The Morgan fingerprint density at radius 1 is 1.47 bits per heavy atom. The van der Waals surface area contributed by atoms with Crippen molar-refractivity contribution < 1.29 is 4.79 Å². The van der Waals surface area contributed by atoms with E-state index in [0.29, 0.717) is 6.42 Å². The highest BCUT2D eigenvalue weighted by Gasteiger charge is 2.07. The van der Waals surface area contributed by atoms with E-state index < -0.39 is 0 Å². The topological polar surface area (TPSA) is 22.0 Å². The first-order chi connectivity index (χ1) is 7.26. The van der Waals surface area contributed by atoms with Gasteiger partial charge >= 0.3 is 0 Å². The zero-order valence-electron chi connectivity index (χ0n) is 8.53. The third kappa shape index (κ3) is 1.77. The maximum absolute atomic E-state index is 10.5. The number of aromatic nitrogens is 1. The molecule has 0 aliphatic rings. The number of benzene rings is 1. The van der Waals surface area contributed by atoms with Gasteiger partial charge in [-0.05, 0) is 24.6 Å². The standard InChI is InChI=1S/C12H12ClNO/c1-2-14-8-9(5-6-15)11-4-3-10(13)7-12(11)14/h3-4,6-8H,2,5H2,1H3. The molecule has 0 amide bonds. The molecule has 0 unspecified atom stereocenters. The summed E-state index contributed by atoms with van der Waals surface area (Å²) in [6.07, 6.45) is 3.42. The van der Waals surface area contributed by atoms with Gasteiger partial charge in [-0.1, -0.05) is 17.7 Å². The Morgan fingerprint density at radius 3 is 2.93 bits per heavy atom. The molecule has 0 saturated heterocycles. The van der Waals surface area contributed by atoms with Crippen LogP contribution in [0.5, 0.6) is 0 Å². The second kappa shape index (κ2) is 4.07. The molecule has 2 rings (SSSR count). The van der Waals surface area contributed by atoms with Crippen molar-refractivity contribution in [2.75, 3.05) is 0 Å². The number of fused-ring (bicyclic) bond motifs is 1. The molecule has 78 valence electrons. The van der Waals surface area contributed by atoms with Crippen LogP contribution in [0.4, 0.5) is 0 Å². The largest absolute Gasteiger partial charge is 0.347 e. The molecule has 0 spiro atoms. The maximum atomic E-state index is 10.5. The van der Waals surface area contributed by atoms with E-state index in [-0.39, 0.29) is 0 Å². The Kier molecular flexibility index (Phi) is 2.78. The molecule has 0 atom stereocenters. The van der Waals surface area contributed by atoms with Gasteiger partial charge < -0.3 is 9.36 Å². The van der Waals surface area contributed by atoms with Gasteiger partial charge in [0, 0.05) is 35.1 Å². The number of carbonyl (C=O) groups is 1. The lowest BCUT2D eigenvalue weighted by atomic mass is 10.1. The molecule has 0 aliphatic heterocycles. The number of rotatable bonds is 3. The van der Waals surface area contributed by atoms with Crippen molar-refractivity contribution in [2.45, 2.75) is 19.9 Å². The van der Waals surface area contributed by atoms with Crippen LogP contribution < -0.4 is 0 Å². The van der Waals surface area contributed by atoms with Crippen molar-refractivity contribution >= 4 is 28.8 Å². The monoisotopic (exact) mass is 221 g/mol. The minimum Gasteiger partial charge on any atom is -0.347 e. The van der Waals surface area contributed by atoms with E-state index in [1.165, 1.54) is 0 Å². The van der Waals surface area contributed by atoms with Crippen LogP contribution in [-0.2, 0) is 17.8 Å². The molecular formula is C12H12ClNO. The van der Waals surface area contributed by atoms with Gasteiger partial charge in [0.1, 0.15) is 6.29 Å². The Hall–Kier alpha value is -1.28. The number of halogens is 1. The lowest BCUT2D eigenvalue weighted by molar-refractivity contribution is -0.107. The quantitative estimate of drug-likeness (QED) is 0.731. The highest BCUT2D eigenvalue weighted by molar-refractivity contribution is 6.31. The number of aldehydes is 1. The van der Waals surface area contributed by atoms with E-state index in [0.717, 1.165) is 34.3 Å². The van der Waals surface area contributed by atoms with Gasteiger partial charge in [0.25, 0.3) is 0 Å². The Morgan fingerprint density at radius 2 is 2.27 bits per heavy atom. The summed E-state index contributed by atoms with van der Waals surface area (Å²) >= 11 is 5.95. The van der Waals surface area contributed by atoms with Crippen LogP contribution in [0.15, 0.2) is 24.4 Å². The summed E-state index contributed by atoms with van der Waals surface area (Å²) in [4.78, 5) is 10.5. The van der Waals surface area contributed by atoms with Gasteiger partial charge in [-0.25, -0.2) is 0 Å². The van der Waals surface area contributed by atoms with E-state index in [1.54, 1.807) is 0 Å². The van der Waals surface area contributed by atoms with Gasteiger partial charge in [-0.15, -0.1) is 0 Å². The molecule has 0 aliphatic carbocycles. The number of carbonyl (C=O) groups excluding carboxylic acids is 1. The highest BCUT2D eigenvalue weighted by Crippen LogP contribution is 2.24. The molecule has 1 heterocycles. The van der Waals surface area contributed by atoms with Crippen molar-refractivity contribution in [3.8, 4) is 0 Å². The molecule has 3 heteroatoms. The minimum atomic E-state index is 0.463. The van der Waals surface area contributed by atoms with Crippen molar-refractivity contribution in [2.24, 2.45) is 0 Å². The fourth-order valence-corrected chi connectivity index (χ4v) is 2.02. The average Bonchev–Trinajstić information content (AvgIpc) is 2.56. The molecule has 1 aromatic heterocycles. The van der Waals surface area contributed by atoms with Crippen LogP contribution in [0.25, 0.3) is 10.9 Å². The molecule has 0 bridgehead atoms. The molecule has 0 saturated carbocycles. The SMILES string of the molecule is CCn1cc(CC=O)c2ccc(Cl)cc21. The Balaban J connectivity index is 2.69. The van der Waals surface area contributed by atoms with Gasteiger partial charge in [-0.2, -0.15) is 0 Å². The third-order valence-corrected chi connectivity index (χ3v) is 2.81. The summed E-state index contributed by atoms with van der Waals surface area (Å²) in [6, 6.07) is 5.77. The summed E-state index contributed by atoms with van der Waals surface area (Å²) in [7, 11) is 0. The summed E-state index contributed by atoms with van der Waals surface area (Å²) in [5, 5.41) is 1.85. The first-order valence-electron chi connectivity index (χ1n) is 4.97. The Labute approximate surface area is 93.5 Å². The van der Waals surface area contributed by atoms with Crippen LogP contribution in [0, 0.1) is 0 Å². The van der Waals surface area contributed by atoms with Crippen molar-refractivity contribution in [3.63, 3.8) is 0 Å². The van der Waals surface area contributed by atoms with Crippen molar-refractivity contribution in [1.29, 1.82) is 0 Å². The number of hydrogen-bond acceptors (Lipinski definition) is 1. The van der Waals surface area contributed by atoms with Crippen LogP contribution in [0.1, 0.15) is 12.5 Å². The molecule has 0 N–H and O–H groups in total. The summed E-state index contributed by atoms with van der Waals surface area (Å²) in [6.45, 7) is 2.96. The second-order valence-corrected chi connectivity index (χ2v) is 3.91. The van der Waals surface area contributed by atoms with Gasteiger partial charge in [-0.3, -0.25) is 0 Å². The zero-order chi connectivity index (χ0) is 10.8. The molecule has 2 aromatic rings. The van der Waals surface area contributed by atoms with Crippen LogP contribution in [0.3, 0.4) is 0 Å². The van der Waals surface area contributed by atoms with Crippen LogP contribution >= 0.6 is 11.6 Å². The number of nitrogens with zero attached hydrogens (tertiary/aromatic N) is 1. The molecule has 0 radical (unpaired) electrons. The predicted octanol–water partition coefficient (Wildman–Crippen LogP) is 3.06. The lowest BCUT2D eigenvalue weighted by Crippen LogP contribution is -1.90. The van der Waals surface area contributed by atoms with E-state index >= 15 is 0 Å². The van der Waals surface area contributed by atoms with Gasteiger partial charge in [0.15, 0.2) is 0 Å². The normalized spacial score (nSPS) is 10.8. The molecule has 2 nitrogen and oxygen atoms in total. The zero-order valence-corrected chi connectivity index (χ0v) is 9.29. The minimum absolute atomic E-state index is 0.463. The number of hydrogen-bond donors (Lipinski definition) is 0. The van der Waals surface area contributed by atoms with Crippen LogP contribution in [0.2, 0.25) is 5.02 Å². The predicted molar refractivity (Wildman–Crippen MR) is 62.4 cm³/mol. The van der Waals surface area contributed by atoms with E-state index in [1.807, 2.05) is 24.4 Å². The fourth-order valence-electron chi connectivity index (χ4n) is 1.86. The first kappa shape index (κ1) is 10.2. The lowest BCUT2D eigenvalue weighted by Gasteiger charge is -1.99. The van der Waals surface area contributed by atoms with Gasteiger partial charge in [0.05, 0.1) is 0 Å². The Bertz CT molecular complexity index is 502. The number of aryl methyl sites for hydroxylation is 1. The maximum Gasteiger partial charge on any atom is 0.124 e. The van der Waals surface area contributed by atoms with Crippen molar-refractivity contribution in [1.82, 2.24) is 4.57 Å². The summed E-state index contributed by atoms with van der Waals surface area (Å²) in [5.41, 5.74) is 2.17. The van der Waals surface area contributed by atoms with E-state index in [2.05, 4.69) is 11.5 Å². The first-order valence-corrected chi connectivity index (χ1v) is 5.35. The molecule has 1 aromatic carbocycles. The fraction of sp³-hybridized carbons (Fsp3) is 0.250. The van der Waals surface area contributed by atoms with Crippen molar-refractivity contribution in [3.05, 3.63) is 35.0 Å². The molecular weight excluding hydrogens is 210 g/mol.